The van der Waals surface area contributed by atoms with E-state index in [0.29, 0.717) is 37.3 Å². The molecule has 7 heteroatoms. The minimum absolute atomic E-state index is 0.0410. The number of para-hydroxylation sites is 2. The number of rotatable bonds is 8. The van der Waals surface area contributed by atoms with Crippen molar-refractivity contribution in [1.82, 2.24) is 15.3 Å². The molecule has 1 amide bonds. The average Bonchev–Trinajstić information content (AvgIpc) is 2.82. The molecule has 2 aromatic carbocycles. The number of phenols is 1. The first-order valence-electron chi connectivity index (χ1n) is 11.7. The number of hydrogen-bond donors (Lipinski definition) is 3. The van der Waals surface area contributed by atoms with Crippen LogP contribution in [0.4, 0.5) is 11.8 Å². The van der Waals surface area contributed by atoms with Crippen LogP contribution in [0.25, 0.3) is 10.9 Å². The van der Waals surface area contributed by atoms with Gasteiger partial charge in [-0.3, -0.25) is 4.79 Å². The Balaban J connectivity index is 1.24. The van der Waals surface area contributed by atoms with Crippen molar-refractivity contribution in [2.75, 3.05) is 30.9 Å². The number of anilines is 2. The van der Waals surface area contributed by atoms with E-state index >= 15 is 0 Å². The first kappa shape index (κ1) is 22.8. The van der Waals surface area contributed by atoms with Crippen LogP contribution in [0, 0.1) is 5.92 Å². The lowest BCUT2D eigenvalue weighted by molar-refractivity contribution is -0.121. The molecule has 4 rings (SSSR count). The first-order chi connectivity index (χ1) is 16.0. The Labute approximate surface area is 195 Å². The highest BCUT2D eigenvalue weighted by molar-refractivity contribution is 5.90. The van der Waals surface area contributed by atoms with Crippen LogP contribution in [-0.2, 0) is 11.2 Å². The monoisotopic (exact) mass is 447 g/mol. The molecule has 1 saturated carbocycles. The second-order valence-electron chi connectivity index (χ2n) is 9.08. The summed E-state index contributed by atoms with van der Waals surface area (Å²) in [6, 6.07) is 15.6. The van der Waals surface area contributed by atoms with Gasteiger partial charge in [-0.2, -0.15) is 4.98 Å². The predicted molar refractivity (Wildman–Crippen MR) is 133 cm³/mol. The van der Waals surface area contributed by atoms with Gasteiger partial charge in [0.1, 0.15) is 11.6 Å². The number of aryl methyl sites for hydroxylation is 1. The molecule has 3 aromatic rings. The van der Waals surface area contributed by atoms with Gasteiger partial charge < -0.3 is 20.6 Å². The fraction of sp³-hybridized carbons (Fsp3) is 0.423. The topological polar surface area (TPSA) is 90.4 Å². The Morgan fingerprint density at radius 1 is 1.03 bits per heavy atom. The molecule has 1 aromatic heterocycles. The van der Waals surface area contributed by atoms with E-state index in [2.05, 4.69) is 16.7 Å². The largest absolute Gasteiger partial charge is 0.508 e. The number of aromatic hydroxyl groups is 1. The second-order valence-corrected chi connectivity index (χ2v) is 9.08. The number of carbonyl (C=O) groups is 1. The minimum atomic E-state index is 0.0410. The van der Waals surface area contributed by atoms with Crippen molar-refractivity contribution >= 4 is 28.6 Å². The van der Waals surface area contributed by atoms with E-state index in [4.69, 9.17) is 9.97 Å². The highest BCUT2D eigenvalue weighted by Crippen LogP contribution is 2.28. The smallest absolute Gasteiger partial charge is 0.225 e. The normalized spacial score (nSPS) is 18.1. The molecule has 174 valence electrons. The zero-order chi connectivity index (χ0) is 23.2. The molecule has 0 bridgehead atoms. The standard InChI is InChI=1S/C26H33N5O2/c1-31(2)25-21-8-4-5-9-22(21)29-26(30-25)28-20-14-11-18(12-15-20)17-27-24(33)16-13-19-7-3-6-10-23(19)32/h3-10,18,20,32H,11-17H2,1-2H3,(H,27,33)(H,28,29,30). The summed E-state index contributed by atoms with van der Waals surface area (Å²) < 4.78 is 0. The Bertz CT molecular complexity index is 1090. The zero-order valence-electron chi connectivity index (χ0n) is 19.4. The Morgan fingerprint density at radius 2 is 1.76 bits per heavy atom. The van der Waals surface area contributed by atoms with Gasteiger partial charge in [-0.25, -0.2) is 4.98 Å². The molecule has 0 atom stereocenters. The van der Waals surface area contributed by atoms with Gasteiger partial charge in [0.15, 0.2) is 0 Å². The number of amides is 1. The number of carbonyl (C=O) groups excluding carboxylic acids is 1. The molecule has 1 fully saturated rings. The maximum atomic E-state index is 12.2. The van der Waals surface area contributed by atoms with Gasteiger partial charge in [-0.15, -0.1) is 0 Å². The van der Waals surface area contributed by atoms with Gasteiger partial charge in [0.25, 0.3) is 0 Å². The molecule has 0 saturated heterocycles. The maximum Gasteiger partial charge on any atom is 0.225 e. The maximum absolute atomic E-state index is 12.2. The molecule has 1 aliphatic carbocycles. The van der Waals surface area contributed by atoms with E-state index in [-0.39, 0.29) is 11.7 Å². The van der Waals surface area contributed by atoms with Crippen LogP contribution in [0.5, 0.6) is 5.75 Å². The fourth-order valence-electron chi connectivity index (χ4n) is 4.48. The van der Waals surface area contributed by atoms with Crippen molar-refractivity contribution in [2.24, 2.45) is 5.92 Å². The zero-order valence-corrected chi connectivity index (χ0v) is 19.4. The van der Waals surface area contributed by atoms with Crippen molar-refractivity contribution in [2.45, 2.75) is 44.6 Å². The molecule has 1 aliphatic rings. The molecule has 1 heterocycles. The number of fused-ring (bicyclic) bond motifs is 1. The van der Waals surface area contributed by atoms with Crippen molar-refractivity contribution in [3.05, 3.63) is 54.1 Å². The lowest BCUT2D eigenvalue weighted by atomic mass is 9.86. The summed E-state index contributed by atoms with van der Waals surface area (Å²) in [5.41, 5.74) is 1.76. The molecule has 3 N–H and O–H groups in total. The molecule has 0 unspecified atom stereocenters. The van der Waals surface area contributed by atoms with Crippen LogP contribution in [0.3, 0.4) is 0 Å². The molecule has 0 aliphatic heterocycles. The van der Waals surface area contributed by atoms with Crippen LogP contribution in [0.1, 0.15) is 37.7 Å². The Morgan fingerprint density at radius 3 is 2.52 bits per heavy atom. The van der Waals surface area contributed by atoms with Crippen LogP contribution < -0.4 is 15.5 Å². The third-order valence-electron chi connectivity index (χ3n) is 6.39. The van der Waals surface area contributed by atoms with E-state index in [9.17, 15) is 9.90 Å². The highest BCUT2D eigenvalue weighted by atomic mass is 16.3. The number of hydrogen-bond acceptors (Lipinski definition) is 6. The van der Waals surface area contributed by atoms with Gasteiger partial charge in [0.2, 0.25) is 11.9 Å². The lowest BCUT2D eigenvalue weighted by Gasteiger charge is -2.29. The van der Waals surface area contributed by atoms with Crippen molar-refractivity contribution < 1.29 is 9.90 Å². The number of phenolic OH excluding ortho intramolecular Hbond substituents is 1. The summed E-state index contributed by atoms with van der Waals surface area (Å²) in [4.78, 5) is 23.7. The van der Waals surface area contributed by atoms with Crippen molar-refractivity contribution in [1.29, 1.82) is 0 Å². The number of nitrogens with one attached hydrogen (secondary N) is 2. The third-order valence-corrected chi connectivity index (χ3v) is 6.39. The summed E-state index contributed by atoms with van der Waals surface area (Å²) in [6.07, 6.45) is 5.13. The van der Waals surface area contributed by atoms with E-state index in [1.165, 1.54) is 0 Å². The molecule has 0 radical (unpaired) electrons. The summed E-state index contributed by atoms with van der Waals surface area (Å²) in [5, 5.41) is 17.5. The second kappa shape index (κ2) is 10.5. The minimum Gasteiger partial charge on any atom is -0.508 e. The van der Waals surface area contributed by atoms with Crippen LogP contribution >= 0.6 is 0 Å². The molecular formula is C26H33N5O2. The Kier molecular flexibility index (Phi) is 7.27. The number of nitrogens with zero attached hydrogens (tertiary/aromatic N) is 3. The Hall–Kier alpha value is -3.35. The van der Waals surface area contributed by atoms with E-state index < -0.39 is 0 Å². The fourth-order valence-corrected chi connectivity index (χ4v) is 4.48. The van der Waals surface area contributed by atoms with Gasteiger partial charge in [-0.05, 0) is 61.8 Å². The van der Waals surface area contributed by atoms with Gasteiger partial charge >= 0.3 is 0 Å². The highest BCUT2D eigenvalue weighted by Gasteiger charge is 2.22. The lowest BCUT2D eigenvalue weighted by Crippen LogP contribution is -2.34. The van der Waals surface area contributed by atoms with Gasteiger partial charge in [-0.1, -0.05) is 30.3 Å². The van der Waals surface area contributed by atoms with Crippen molar-refractivity contribution in [3.8, 4) is 5.75 Å². The molecule has 7 nitrogen and oxygen atoms in total. The van der Waals surface area contributed by atoms with Gasteiger partial charge in [0, 0.05) is 38.5 Å². The van der Waals surface area contributed by atoms with E-state index in [1.54, 1.807) is 12.1 Å². The number of benzene rings is 2. The molecular weight excluding hydrogens is 414 g/mol. The quantitative estimate of drug-likeness (QED) is 0.481. The van der Waals surface area contributed by atoms with E-state index in [0.717, 1.165) is 48.0 Å². The SMILES string of the molecule is CN(C)c1nc(NC2CCC(CNC(=O)CCc3ccccc3O)CC2)nc2ccccc12. The van der Waals surface area contributed by atoms with E-state index in [1.807, 2.05) is 49.3 Å². The summed E-state index contributed by atoms with van der Waals surface area (Å²) >= 11 is 0. The van der Waals surface area contributed by atoms with Crippen molar-refractivity contribution in [3.63, 3.8) is 0 Å². The van der Waals surface area contributed by atoms with Crippen LogP contribution in [0.2, 0.25) is 0 Å². The first-order valence-corrected chi connectivity index (χ1v) is 11.7. The summed E-state index contributed by atoms with van der Waals surface area (Å²) in [6.45, 7) is 0.712. The predicted octanol–water partition coefficient (Wildman–Crippen LogP) is 4.12. The van der Waals surface area contributed by atoms with Crippen LogP contribution in [0.15, 0.2) is 48.5 Å². The third kappa shape index (κ3) is 5.92. The summed E-state index contributed by atoms with van der Waals surface area (Å²) in [7, 11) is 4.00. The van der Waals surface area contributed by atoms with Crippen LogP contribution in [-0.4, -0.2) is 47.7 Å². The molecule has 33 heavy (non-hydrogen) atoms. The number of aromatic nitrogens is 2. The molecule has 0 spiro atoms. The average molecular weight is 448 g/mol. The summed E-state index contributed by atoms with van der Waals surface area (Å²) in [5.74, 6) is 2.39. The van der Waals surface area contributed by atoms with Gasteiger partial charge in [0.05, 0.1) is 5.52 Å².